The summed E-state index contributed by atoms with van der Waals surface area (Å²) in [5.74, 6) is -1.03. The molecule has 0 bridgehead atoms. The number of amides is 2. The SMILES string of the molecule is COC(=O)C1CCCCN1C(=O)CNC(=O)c1ccco1. The number of rotatable bonds is 4. The number of carbonyl (C=O) groups excluding carboxylic acids is 3. The summed E-state index contributed by atoms with van der Waals surface area (Å²) in [5.41, 5.74) is 0. The van der Waals surface area contributed by atoms with Crippen LogP contribution in [0.25, 0.3) is 0 Å². The summed E-state index contributed by atoms with van der Waals surface area (Å²) in [5, 5.41) is 2.48. The molecule has 1 atom stereocenters. The molecule has 1 aliphatic rings. The van der Waals surface area contributed by atoms with Gasteiger partial charge in [-0.1, -0.05) is 0 Å². The van der Waals surface area contributed by atoms with E-state index < -0.39 is 17.9 Å². The molecule has 1 unspecified atom stereocenters. The average molecular weight is 294 g/mol. The second-order valence-electron chi connectivity index (χ2n) is 4.78. The maximum absolute atomic E-state index is 12.2. The summed E-state index contributed by atoms with van der Waals surface area (Å²) in [6, 6.07) is 2.55. The molecule has 1 fully saturated rings. The van der Waals surface area contributed by atoms with Gasteiger partial charge in [0.05, 0.1) is 19.9 Å². The van der Waals surface area contributed by atoms with Crippen molar-refractivity contribution in [3.8, 4) is 0 Å². The van der Waals surface area contributed by atoms with Gasteiger partial charge in [-0.2, -0.15) is 0 Å². The van der Waals surface area contributed by atoms with E-state index in [0.717, 1.165) is 12.8 Å². The van der Waals surface area contributed by atoms with E-state index in [1.165, 1.54) is 24.3 Å². The van der Waals surface area contributed by atoms with Crippen LogP contribution in [0.3, 0.4) is 0 Å². The molecule has 7 heteroatoms. The van der Waals surface area contributed by atoms with Crippen molar-refractivity contribution in [3.63, 3.8) is 0 Å². The number of hydrogen-bond donors (Lipinski definition) is 1. The van der Waals surface area contributed by atoms with Crippen LogP contribution in [0, 0.1) is 0 Å². The van der Waals surface area contributed by atoms with Crippen molar-refractivity contribution in [2.75, 3.05) is 20.2 Å². The minimum atomic E-state index is -0.559. The first-order valence-electron chi connectivity index (χ1n) is 6.82. The number of ether oxygens (including phenoxy) is 1. The average Bonchev–Trinajstić information content (AvgIpc) is 3.06. The summed E-state index contributed by atoms with van der Waals surface area (Å²) >= 11 is 0. The second kappa shape index (κ2) is 6.92. The Hall–Kier alpha value is -2.31. The Morgan fingerprint density at radius 2 is 2.24 bits per heavy atom. The highest BCUT2D eigenvalue weighted by molar-refractivity contribution is 5.94. The molecule has 7 nitrogen and oxygen atoms in total. The van der Waals surface area contributed by atoms with E-state index in [1.54, 1.807) is 6.07 Å². The minimum Gasteiger partial charge on any atom is -0.467 e. The lowest BCUT2D eigenvalue weighted by molar-refractivity contribution is -0.154. The highest BCUT2D eigenvalue weighted by atomic mass is 16.5. The van der Waals surface area contributed by atoms with Gasteiger partial charge in [-0.25, -0.2) is 4.79 Å². The summed E-state index contributed by atoms with van der Waals surface area (Å²) in [4.78, 5) is 37.0. The predicted octanol–water partition coefficient (Wildman–Crippen LogP) is 0.564. The molecule has 1 aliphatic heterocycles. The van der Waals surface area contributed by atoms with E-state index in [1.807, 2.05) is 0 Å². The summed E-state index contributed by atoms with van der Waals surface area (Å²) in [6.07, 6.45) is 3.69. The number of likely N-dealkylation sites (tertiary alicyclic amines) is 1. The second-order valence-corrected chi connectivity index (χ2v) is 4.78. The summed E-state index contributed by atoms with van der Waals surface area (Å²) in [7, 11) is 1.30. The molecule has 0 saturated carbocycles. The first kappa shape index (κ1) is 15.1. The van der Waals surface area contributed by atoms with Crippen molar-refractivity contribution in [1.82, 2.24) is 10.2 Å². The van der Waals surface area contributed by atoms with Crippen molar-refractivity contribution < 1.29 is 23.5 Å². The van der Waals surface area contributed by atoms with E-state index in [9.17, 15) is 14.4 Å². The van der Waals surface area contributed by atoms with Crippen molar-refractivity contribution in [3.05, 3.63) is 24.2 Å². The van der Waals surface area contributed by atoms with Crippen LogP contribution in [0.1, 0.15) is 29.8 Å². The van der Waals surface area contributed by atoms with Crippen LogP contribution in [-0.4, -0.2) is 48.9 Å². The predicted molar refractivity (Wildman–Crippen MR) is 72.4 cm³/mol. The molecule has 2 rings (SSSR count). The van der Waals surface area contributed by atoms with Gasteiger partial charge in [0.2, 0.25) is 5.91 Å². The molecule has 0 radical (unpaired) electrons. The number of furan rings is 1. The molecule has 1 aromatic heterocycles. The Balaban J connectivity index is 1.92. The molecule has 1 saturated heterocycles. The molecular weight excluding hydrogens is 276 g/mol. The monoisotopic (exact) mass is 294 g/mol. The maximum atomic E-state index is 12.2. The third-order valence-corrected chi connectivity index (χ3v) is 3.44. The lowest BCUT2D eigenvalue weighted by atomic mass is 10.0. The lowest BCUT2D eigenvalue weighted by Gasteiger charge is -2.33. The quantitative estimate of drug-likeness (QED) is 0.820. The highest BCUT2D eigenvalue weighted by Gasteiger charge is 2.32. The van der Waals surface area contributed by atoms with Crippen LogP contribution in [-0.2, 0) is 14.3 Å². The lowest BCUT2D eigenvalue weighted by Crippen LogP contribution is -2.51. The van der Waals surface area contributed by atoms with Crippen LogP contribution in [0.15, 0.2) is 22.8 Å². The number of piperidine rings is 1. The zero-order valence-electron chi connectivity index (χ0n) is 11.8. The van der Waals surface area contributed by atoms with Crippen molar-refractivity contribution in [2.45, 2.75) is 25.3 Å². The molecule has 0 aliphatic carbocycles. The first-order chi connectivity index (χ1) is 10.1. The van der Waals surface area contributed by atoms with Crippen LogP contribution >= 0.6 is 0 Å². The molecule has 21 heavy (non-hydrogen) atoms. The summed E-state index contributed by atoms with van der Waals surface area (Å²) < 4.78 is 9.66. The number of carbonyl (C=O) groups is 3. The zero-order valence-corrected chi connectivity index (χ0v) is 11.8. The number of methoxy groups -OCH3 is 1. The largest absolute Gasteiger partial charge is 0.467 e. The van der Waals surface area contributed by atoms with Crippen LogP contribution in [0.5, 0.6) is 0 Å². The third-order valence-electron chi connectivity index (χ3n) is 3.44. The zero-order chi connectivity index (χ0) is 15.2. The number of hydrogen-bond acceptors (Lipinski definition) is 5. The number of nitrogens with one attached hydrogen (secondary N) is 1. The first-order valence-corrected chi connectivity index (χ1v) is 6.82. The van der Waals surface area contributed by atoms with Gasteiger partial charge >= 0.3 is 5.97 Å². The summed E-state index contributed by atoms with van der Waals surface area (Å²) in [6.45, 7) is 0.322. The van der Waals surface area contributed by atoms with Crippen molar-refractivity contribution in [2.24, 2.45) is 0 Å². The molecule has 114 valence electrons. The Labute approximate surface area is 122 Å². The maximum Gasteiger partial charge on any atom is 0.328 e. The fraction of sp³-hybridized carbons (Fsp3) is 0.500. The Bertz CT molecular complexity index is 511. The van der Waals surface area contributed by atoms with E-state index in [2.05, 4.69) is 5.32 Å². The number of esters is 1. The molecule has 2 heterocycles. The van der Waals surface area contributed by atoms with Crippen LogP contribution in [0.2, 0.25) is 0 Å². The smallest absolute Gasteiger partial charge is 0.328 e. The Morgan fingerprint density at radius 3 is 2.90 bits per heavy atom. The molecule has 0 aromatic carbocycles. The van der Waals surface area contributed by atoms with Gasteiger partial charge in [-0.05, 0) is 31.4 Å². The van der Waals surface area contributed by atoms with Gasteiger partial charge < -0.3 is 19.4 Å². The van der Waals surface area contributed by atoms with Gasteiger partial charge in [0.15, 0.2) is 5.76 Å². The molecule has 1 aromatic rings. The minimum absolute atomic E-state index is 0.144. The van der Waals surface area contributed by atoms with Gasteiger partial charge in [-0.3, -0.25) is 9.59 Å². The van der Waals surface area contributed by atoms with Gasteiger partial charge in [0, 0.05) is 6.54 Å². The van der Waals surface area contributed by atoms with Crippen LogP contribution in [0.4, 0.5) is 0 Å². The van der Waals surface area contributed by atoms with E-state index in [0.29, 0.717) is 13.0 Å². The van der Waals surface area contributed by atoms with Gasteiger partial charge in [0.1, 0.15) is 6.04 Å². The van der Waals surface area contributed by atoms with Crippen molar-refractivity contribution >= 4 is 17.8 Å². The van der Waals surface area contributed by atoms with Gasteiger partial charge in [0.25, 0.3) is 5.91 Å². The molecule has 1 N–H and O–H groups in total. The normalized spacial score (nSPS) is 18.1. The van der Waals surface area contributed by atoms with Gasteiger partial charge in [-0.15, -0.1) is 0 Å². The number of nitrogens with zero attached hydrogens (tertiary/aromatic N) is 1. The Morgan fingerprint density at radius 1 is 1.43 bits per heavy atom. The highest BCUT2D eigenvalue weighted by Crippen LogP contribution is 2.18. The molecule has 0 spiro atoms. The van der Waals surface area contributed by atoms with E-state index in [-0.39, 0.29) is 18.2 Å². The molecular formula is C14H18N2O5. The van der Waals surface area contributed by atoms with Crippen LogP contribution < -0.4 is 5.32 Å². The standard InChI is InChI=1S/C14H18N2O5/c1-20-14(19)10-5-2-3-7-16(10)12(17)9-15-13(18)11-6-4-8-21-11/h4,6,8,10H,2-3,5,7,9H2,1H3,(H,15,18). The van der Waals surface area contributed by atoms with E-state index in [4.69, 9.17) is 9.15 Å². The van der Waals surface area contributed by atoms with E-state index >= 15 is 0 Å². The molecule has 2 amide bonds. The van der Waals surface area contributed by atoms with Crippen molar-refractivity contribution in [1.29, 1.82) is 0 Å². The Kier molecular flexibility index (Phi) is 4.97. The third kappa shape index (κ3) is 3.62. The fourth-order valence-corrected chi connectivity index (χ4v) is 2.36. The fourth-order valence-electron chi connectivity index (χ4n) is 2.36. The topological polar surface area (TPSA) is 88.9 Å².